The van der Waals surface area contributed by atoms with Crippen molar-refractivity contribution in [1.29, 1.82) is 0 Å². The zero-order valence-electron chi connectivity index (χ0n) is 39.9. The standard InChI is InChI=1S/C68H42N4OSi/c1-2-16-44(17-3-1)74(68-71-41-69-42-72-68,46-33-36-57-60-29-15-37-70-66(60)59-26-11-10-21-51(59)50-20-6-9-24-54(50)64(57)40-46)45-32-35-56-55-34-31-43(47-27-14-28-61-58-25-12-13-30-65(58)73-67(47)61)38-62(55)52-22-7-4-18-48(52)49-19-5-8-23-53(49)63(56)39-45/h1-42H. The van der Waals surface area contributed by atoms with Crippen LogP contribution in [-0.4, -0.2) is 28.0 Å². The maximum atomic E-state index is 6.63. The second-order valence-corrected chi connectivity index (χ2v) is 22.9. The monoisotopic (exact) mass is 958 g/mol. The summed E-state index contributed by atoms with van der Waals surface area (Å²) in [6.45, 7) is 0. The molecule has 0 aliphatic heterocycles. The van der Waals surface area contributed by atoms with Crippen LogP contribution in [-0.2, 0) is 0 Å². The van der Waals surface area contributed by atoms with Gasteiger partial charge in [-0.3, -0.25) is 4.98 Å². The van der Waals surface area contributed by atoms with E-state index in [0.29, 0.717) is 0 Å². The summed E-state index contributed by atoms with van der Waals surface area (Å²) in [6.07, 6.45) is 5.23. The molecule has 0 bridgehead atoms. The fourth-order valence-electron chi connectivity index (χ4n) is 12.2. The van der Waals surface area contributed by atoms with Gasteiger partial charge >= 0.3 is 0 Å². The summed E-state index contributed by atoms with van der Waals surface area (Å²) in [4.78, 5) is 19.9. The predicted octanol–water partition coefficient (Wildman–Crippen LogP) is 14.2. The number of hydrogen-bond donors (Lipinski definition) is 0. The fourth-order valence-corrected chi connectivity index (χ4v) is 16.6. The zero-order valence-corrected chi connectivity index (χ0v) is 40.9. The Balaban J connectivity index is 1.01. The average molecular weight is 959 g/mol. The lowest BCUT2D eigenvalue weighted by Gasteiger charge is -2.34. The van der Waals surface area contributed by atoms with Crippen LogP contribution in [0.1, 0.15) is 0 Å². The molecule has 6 heteroatoms. The molecule has 0 saturated heterocycles. The molecule has 0 radical (unpaired) electrons. The highest BCUT2D eigenvalue weighted by molar-refractivity contribution is 7.19. The number of rotatable bonds is 5. The van der Waals surface area contributed by atoms with Crippen molar-refractivity contribution in [2.45, 2.75) is 0 Å². The molecule has 74 heavy (non-hydrogen) atoms. The summed E-state index contributed by atoms with van der Waals surface area (Å²) < 4.78 is 6.63. The van der Waals surface area contributed by atoms with Gasteiger partial charge in [-0.1, -0.05) is 218 Å². The van der Waals surface area contributed by atoms with Crippen molar-refractivity contribution >= 4 is 51.0 Å². The Morgan fingerprint density at radius 3 is 1.39 bits per heavy atom. The molecule has 0 fully saturated rings. The first-order valence-electron chi connectivity index (χ1n) is 25.1. The minimum Gasteiger partial charge on any atom is -0.455 e. The van der Waals surface area contributed by atoms with Crippen LogP contribution in [0.2, 0.25) is 0 Å². The topological polar surface area (TPSA) is 64.7 Å². The third-order valence-electron chi connectivity index (χ3n) is 15.5. The van der Waals surface area contributed by atoms with Gasteiger partial charge in [-0.05, 0) is 112 Å². The van der Waals surface area contributed by atoms with E-state index < -0.39 is 8.07 Å². The molecule has 0 N–H and O–H groups in total. The Hall–Kier alpha value is -9.62. The quantitative estimate of drug-likeness (QED) is 0.127. The number of hydrogen-bond acceptors (Lipinski definition) is 5. The molecule has 0 amide bonds. The maximum Gasteiger partial charge on any atom is 0.226 e. The minimum absolute atomic E-state index is 0.763. The summed E-state index contributed by atoms with van der Waals surface area (Å²) in [5.74, 6) is 0. The maximum absolute atomic E-state index is 6.63. The van der Waals surface area contributed by atoms with Gasteiger partial charge in [0.05, 0.1) is 5.69 Å². The van der Waals surface area contributed by atoms with Crippen molar-refractivity contribution in [3.63, 3.8) is 0 Å². The van der Waals surface area contributed by atoms with E-state index in [-0.39, 0.29) is 0 Å². The first-order chi connectivity index (χ1) is 36.7. The van der Waals surface area contributed by atoms with Crippen LogP contribution >= 0.6 is 0 Å². The van der Waals surface area contributed by atoms with Gasteiger partial charge in [0, 0.05) is 33.7 Å². The van der Waals surface area contributed by atoms with E-state index in [1.54, 1.807) is 12.7 Å². The van der Waals surface area contributed by atoms with Gasteiger partial charge < -0.3 is 4.42 Å². The largest absolute Gasteiger partial charge is 0.455 e. The highest BCUT2D eigenvalue weighted by Gasteiger charge is 2.46. The number of furan rings is 1. The van der Waals surface area contributed by atoms with Gasteiger partial charge in [-0.2, -0.15) is 0 Å². The molecule has 13 aromatic rings. The summed E-state index contributed by atoms with van der Waals surface area (Å²) in [6, 6.07) is 86.5. The normalized spacial score (nSPS) is 12.7. The molecular formula is C68H42N4OSi. The Kier molecular flexibility index (Phi) is 9.52. The minimum atomic E-state index is -3.43. The Morgan fingerprint density at radius 1 is 0.297 bits per heavy atom. The Labute approximate surface area is 428 Å². The Bertz CT molecular complexity index is 4350. The van der Waals surface area contributed by atoms with E-state index in [4.69, 9.17) is 19.4 Å². The first kappa shape index (κ1) is 42.1. The predicted molar refractivity (Wildman–Crippen MR) is 305 cm³/mol. The van der Waals surface area contributed by atoms with Gasteiger partial charge in [0.15, 0.2) is 0 Å². The highest BCUT2D eigenvalue weighted by Crippen LogP contribution is 2.50. The van der Waals surface area contributed by atoms with Gasteiger partial charge in [0.25, 0.3) is 0 Å². The lowest BCUT2D eigenvalue weighted by atomic mass is 9.80. The van der Waals surface area contributed by atoms with Gasteiger partial charge in [-0.25, -0.2) is 15.0 Å². The molecule has 344 valence electrons. The fraction of sp³-hybridized carbons (Fsp3) is 0. The number of nitrogens with zero attached hydrogens (tertiary/aromatic N) is 4. The van der Waals surface area contributed by atoms with Crippen LogP contribution in [0.3, 0.4) is 0 Å². The third-order valence-corrected chi connectivity index (χ3v) is 20.0. The first-order valence-corrected chi connectivity index (χ1v) is 27.1. The molecule has 1 atom stereocenters. The van der Waals surface area contributed by atoms with Crippen molar-refractivity contribution in [3.8, 4) is 100 Å². The van der Waals surface area contributed by atoms with Crippen LogP contribution in [0.25, 0.3) is 122 Å². The number of pyridine rings is 1. The van der Waals surface area contributed by atoms with E-state index in [1.165, 1.54) is 38.2 Å². The molecule has 10 aromatic carbocycles. The third kappa shape index (κ3) is 6.28. The SMILES string of the molecule is c1ccc([Si](c2ccc3c(c2)-c2ccccc2-c2ccccc2-c2cc(-c4cccc5c4oc4ccccc45)ccc2-3)(c2ccc3c(c2)-c2ccccc2-c2ccccc2-c2ncccc2-3)c2ncncn2)cc1. The highest BCUT2D eigenvalue weighted by atomic mass is 28.3. The molecule has 2 aliphatic rings. The lowest BCUT2D eigenvalue weighted by molar-refractivity contribution is 0.670. The molecule has 15 rings (SSSR count). The second-order valence-electron chi connectivity index (χ2n) is 19.2. The summed E-state index contributed by atoms with van der Waals surface area (Å²) in [5, 5.41) is 5.74. The van der Waals surface area contributed by atoms with Crippen molar-refractivity contribution in [2.75, 3.05) is 0 Å². The average Bonchev–Trinajstić information content (AvgIpc) is 3.88. The zero-order chi connectivity index (χ0) is 48.7. The second kappa shape index (κ2) is 16.7. The summed E-state index contributed by atoms with van der Waals surface area (Å²) >= 11 is 0. The van der Waals surface area contributed by atoms with Gasteiger partial charge in [0.1, 0.15) is 29.3 Å². The van der Waals surface area contributed by atoms with E-state index >= 15 is 0 Å². The van der Waals surface area contributed by atoms with Crippen molar-refractivity contribution in [1.82, 2.24) is 19.9 Å². The summed E-state index contributed by atoms with van der Waals surface area (Å²) in [5.41, 5.74) is 23.0. The van der Waals surface area contributed by atoms with Crippen LogP contribution in [0.4, 0.5) is 0 Å². The van der Waals surface area contributed by atoms with Crippen molar-refractivity contribution in [2.24, 2.45) is 0 Å². The van der Waals surface area contributed by atoms with Crippen molar-refractivity contribution in [3.05, 3.63) is 255 Å². The lowest BCUT2D eigenvalue weighted by Crippen LogP contribution is -2.76. The van der Waals surface area contributed by atoms with E-state index in [1.807, 2.05) is 12.3 Å². The van der Waals surface area contributed by atoms with Crippen LogP contribution < -0.4 is 21.0 Å². The molecule has 0 spiro atoms. The van der Waals surface area contributed by atoms with Crippen LogP contribution in [0.15, 0.2) is 260 Å². The molecule has 2 aliphatic carbocycles. The number of benzene rings is 10. The number of fused-ring (bicyclic) bond motifs is 19. The van der Waals surface area contributed by atoms with E-state index in [2.05, 4.69) is 236 Å². The molecule has 5 nitrogen and oxygen atoms in total. The van der Waals surface area contributed by atoms with E-state index in [0.717, 1.165) is 105 Å². The van der Waals surface area contributed by atoms with Crippen LogP contribution in [0.5, 0.6) is 0 Å². The number of aromatic nitrogens is 4. The Morgan fingerprint density at radius 2 is 0.757 bits per heavy atom. The molecular weight excluding hydrogens is 917 g/mol. The summed E-state index contributed by atoms with van der Waals surface area (Å²) in [7, 11) is -3.43. The molecule has 1 unspecified atom stereocenters. The molecule has 3 heterocycles. The van der Waals surface area contributed by atoms with E-state index in [9.17, 15) is 0 Å². The van der Waals surface area contributed by atoms with Crippen molar-refractivity contribution < 1.29 is 4.42 Å². The van der Waals surface area contributed by atoms with Crippen LogP contribution in [0, 0.1) is 0 Å². The van der Waals surface area contributed by atoms with Gasteiger partial charge in [0.2, 0.25) is 8.07 Å². The smallest absolute Gasteiger partial charge is 0.226 e. The number of para-hydroxylation sites is 2. The van der Waals surface area contributed by atoms with Gasteiger partial charge in [-0.15, -0.1) is 0 Å². The molecule has 3 aromatic heterocycles. The molecule has 0 saturated carbocycles.